The molecule has 12 heteroatoms. The summed E-state index contributed by atoms with van der Waals surface area (Å²) in [6.45, 7) is 2.78. The number of hydrogen-bond donors (Lipinski definition) is 3. The van der Waals surface area contributed by atoms with Crippen molar-refractivity contribution in [1.82, 2.24) is 0 Å². The Morgan fingerprint density at radius 3 is 1.45 bits per heavy atom. The molecule has 11 nitrogen and oxygen atoms in total. The number of aliphatic carboxylic acids is 1. The highest BCUT2D eigenvalue weighted by molar-refractivity contribution is 7.47. The van der Waals surface area contributed by atoms with E-state index >= 15 is 0 Å². The van der Waals surface area contributed by atoms with Gasteiger partial charge in [0.1, 0.15) is 12.6 Å². The Kier molecular flexibility index (Phi) is 35.9. The number of phosphoric ester groups is 1. The highest BCUT2D eigenvalue weighted by Crippen LogP contribution is 2.43. The van der Waals surface area contributed by atoms with Crippen molar-refractivity contribution < 1.29 is 47.5 Å². The molecule has 0 aliphatic rings. The number of hydrogen-bond acceptors (Lipinski definition) is 9. The van der Waals surface area contributed by atoms with Crippen LogP contribution >= 0.6 is 7.82 Å². The number of carbonyl (C=O) groups excluding carboxylic acids is 2. The molecular weight excluding hydrogens is 697 g/mol. The van der Waals surface area contributed by atoms with E-state index in [0.29, 0.717) is 12.8 Å². The van der Waals surface area contributed by atoms with Gasteiger partial charge in [0.15, 0.2) is 6.10 Å². The van der Waals surface area contributed by atoms with Gasteiger partial charge in [-0.05, 0) is 25.7 Å². The van der Waals surface area contributed by atoms with Crippen molar-refractivity contribution in [2.24, 2.45) is 5.73 Å². The van der Waals surface area contributed by atoms with Gasteiger partial charge >= 0.3 is 25.7 Å². The summed E-state index contributed by atoms with van der Waals surface area (Å²) in [5.41, 5.74) is 5.32. The summed E-state index contributed by atoms with van der Waals surface area (Å²) in [4.78, 5) is 45.8. The zero-order valence-corrected chi connectivity index (χ0v) is 34.5. The minimum absolute atomic E-state index is 0.0823. The molecule has 0 fully saturated rings. The van der Waals surface area contributed by atoms with Crippen molar-refractivity contribution in [3.05, 3.63) is 12.2 Å². The average Bonchev–Trinajstić information content (AvgIpc) is 3.13. The first-order chi connectivity index (χ1) is 25.6. The summed E-state index contributed by atoms with van der Waals surface area (Å²) in [7, 11) is -4.72. The monoisotopic (exact) mass is 776 g/mol. The van der Waals surface area contributed by atoms with Crippen LogP contribution in [0, 0.1) is 0 Å². The number of allylic oxidation sites excluding steroid dienone is 2. The molecule has 53 heavy (non-hydrogen) atoms. The van der Waals surface area contributed by atoms with Gasteiger partial charge in [0.2, 0.25) is 0 Å². The molecule has 0 radical (unpaired) electrons. The van der Waals surface area contributed by atoms with E-state index in [2.05, 4.69) is 24.4 Å². The van der Waals surface area contributed by atoms with Gasteiger partial charge in [-0.3, -0.25) is 23.4 Å². The normalized spacial score (nSPS) is 13.9. The minimum Gasteiger partial charge on any atom is -0.480 e. The van der Waals surface area contributed by atoms with Gasteiger partial charge in [-0.1, -0.05) is 174 Å². The van der Waals surface area contributed by atoms with E-state index in [1.54, 1.807) is 0 Å². The first-order valence-corrected chi connectivity index (χ1v) is 22.7. The molecule has 0 amide bonds. The van der Waals surface area contributed by atoms with Crippen LogP contribution in [0.2, 0.25) is 0 Å². The van der Waals surface area contributed by atoms with Crippen LogP contribution in [-0.2, 0) is 37.5 Å². The lowest BCUT2D eigenvalue weighted by molar-refractivity contribution is -0.161. The fourth-order valence-corrected chi connectivity index (χ4v) is 6.68. The Morgan fingerprint density at radius 2 is 0.981 bits per heavy atom. The predicted octanol–water partition coefficient (Wildman–Crippen LogP) is 10.9. The number of esters is 2. The van der Waals surface area contributed by atoms with Crippen molar-refractivity contribution in [1.29, 1.82) is 0 Å². The number of carboxylic acid groups (broad SMARTS) is 1. The fraction of sp³-hybridized carbons (Fsp3) is 0.878. The maximum absolute atomic E-state index is 12.6. The smallest absolute Gasteiger partial charge is 0.472 e. The quantitative estimate of drug-likeness (QED) is 0.0234. The lowest BCUT2D eigenvalue weighted by Crippen LogP contribution is -2.34. The fourth-order valence-electron chi connectivity index (χ4n) is 5.91. The number of carboxylic acids is 1. The molecule has 0 aliphatic heterocycles. The molecule has 0 aliphatic carbocycles. The molecule has 0 aromatic carbocycles. The molecule has 0 spiro atoms. The Hall–Kier alpha value is -1.78. The van der Waals surface area contributed by atoms with E-state index in [9.17, 15) is 23.8 Å². The van der Waals surface area contributed by atoms with E-state index in [1.807, 2.05) is 6.08 Å². The lowest BCUT2D eigenvalue weighted by Gasteiger charge is -2.20. The van der Waals surface area contributed by atoms with Crippen LogP contribution in [0.15, 0.2) is 12.2 Å². The third-order valence-electron chi connectivity index (χ3n) is 9.28. The van der Waals surface area contributed by atoms with Crippen LogP contribution in [-0.4, -0.2) is 59.9 Å². The Morgan fingerprint density at radius 1 is 0.566 bits per heavy atom. The summed E-state index contributed by atoms with van der Waals surface area (Å²) in [5.74, 6) is -2.43. The zero-order chi connectivity index (χ0) is 39.3. The molecule has 0 bridgehead atoms. The minimum atomic E-state index is -4.72. The van der Waals surface area contributed by atoms with E-state index in [-0.39, 0.29) is 19.4 Å². The summed E-state index contributed by atoms with van der Waals surface area (Å²) in [6.07, 6.45) is 35.7. The van der Waals surface area contributed by atoms with E-state index < -0.39 is 51.1 Å². The number of carbonyl (C=O) groups is 3. The first-order valence-electron chi connectivity index (χ1n) is 21.2. The van der Waals surface area contributed by atoms with E-state index in [0.717, 1.165) is 32.1 Å². The van der Waals surface area contributed by atoms with Crippen molar-refractivity contribution in [3.8, 4) is 0 Å². The van der Waals surface area contributed by atoms with Gasteiger partial charge in [-0.15, -0.1) is 0 Å². The summed E-state index contributed by atoms with van der Waals surface area (Å²) in [6, 6.07) is -1.52. The van der Waals surface area contributed by atoms with Gasteiger partial charge in [0.05, 0.1) is 13.2 Å². The molecule has 0 aromatic rings. The lowest BCUT2D eigenvalue weighted by atomic mass is 10.0. The molecule has 0 rings (SSSR count). The molecule has 0 saturated heterocycles. The number of unbranched alkanes of at least 4 members (excludes halogenated alkanes) is 24. The zero-order valence-electron chi connectivity index (χ0n) is 33.6. The van der Waals surface area contributed by atoms with Crippen LogP contribution in [0.5, 0.6) is 0 Å². The van der Waals surface area contributed by atoms with Crippen molar-refractivity contribution in [2.75, 3.05) is 19.8 Å². The van der Waals surface area contributed by atoms with Crippen molar-refractivity contribution >= 4 is 25.7 Å². The van der Waals surface area contributed by atoms with Crippen LogP contribution in [0.3, 0.4) is 0 Å². The van der Waals surface area contributed by atoms with Crippen molar-refractivity contribution in [2.45, 2.75) is 212 Å². The molecule has 312 valence electrons. The Bertz CT molecular complexity index is 963. The first kappa shape index (κ1) is 51.2. The number of nitrogens with two attached hydrogens (primary N) is 1. The summed E-state index contributed by atoms with van der Waals surface area (Å²) < 4.78 is 32.6. The van der Waals surface area contributed by atoms with Crippen LogP contribution in [0.25, 0.3) is 0 Å². The number of phosphoric acid groups is 1. The Balaban J connectivity index is 4.40. The van der Waals surface area contributed by atoms with Gasteiger partial charge in [-0.25, -0.2) is 4.57 Å². The third kappa shape index (κ3) is 36.9. The SMILES string of the molecule is CCCCCCCCCCCCC/C=C/CCC(=O)O[C@H](COC(=O)CCCCCCCCCCCCCCCC)COP(=O)(O)OC[C@H](N)C(=O)O. The average molecular weight is 776 g/mol. The second kappa shape index (κ2) is 37.2. The van der Waals surface area contributed by atoms with Gasteiger partial charge in [0, 0.05) is 12.8 Å². The molecule has 3 atom stereocenters. The molecule has 0 heterocycles. The summed E-state index contributed by atoms with van der Waals surface area (Å²) in [5, 5.41) is 8.87. The highest BCUT2D eigenvalue weighted by Gasteiger charge is 2.28. The molecular formula is C41H78NO10P. The van der Waals surface area contributed by atoms with Crippen LogP contribution in [0.4, 0.5) is 0 Å². The number of ether oxygens (including phenoxy) is 2. The van der Waals surface area contributed by atoms with Gasteiger partial charge in [-0.2, -0.15) is 0 Å². The van der Waals surface area contributed by atoms with Crippen LogP contribution in [0.1, 0.15) is 200 Å². The maximum atomic E-state index is 12.6. The molecule has 1 unspecified atom stereocenters. The van der Waals surface area contributed by atoms with Crippen molar-refractivity contribution in [3.63, 3.8) is 0 Å². The summed E-state index contributed by atoms with van der Waals surface area (Å²) >= 11 is 0. The second-order valence-corrected chi connectivity index (χ2v) is 15.9. The standard InChI is InChI=1S/C41H78NO10P/c1-3-5-7-9-11-13-15-17-19-21-23-25-27-29-31-33-40(44)52-37(35-50-53(47,48)51-36-38(42)41(45)46)34-49-39(43)32-30-28-26-24-22-20-18-16-14-12-10-8-6-4-2/h27,29,37-38H,3-26,28,30-36,42H2,1-2H3,(H,45,46)(H,47,48)/b29-27+/t37-,38+/m1/s1. The topological polar surface area (TPSA) is 172 Å². The molecule has 0 aromatic heterocycles. The van der Waals surface area contributed by atoms with E-state index in [4.69, 9.17) is 24.8 Å². The number of rotatable bonds is 40. The van der Waals surface area contributed by atoms with Gasteiger partial charge < -0.3 is 25.2 Å². The van der Waals surface area contributed by atoms with E-state index in [1.165, 1.54) is 128 Å². The maximum Gasteiger partial charge on any atom is 0.472 e. The second-order valence-electron chi connectivity index (χ2n) is 14.5. The molecule has 0 saturated carbocycles. The molecule has 4 N–H and O–H groups in total. The highest BCUT2D eigenvalue weighted by atomic mass is 31.2. The van der Waals surface area contributed by atoms with Gasteiger partial charge in [0.25, 0.3) is 0 Å². The Labute approximate surface area is 322 Å². The largest absolute Gasteiger partial charge is 0.480 e. The predicted molar refractivity (Wildman–Crippen MR) is 213 cm³/mol. The van der Waals surface area contributed by atoms with Crippen LogP contribution < -0.4 is 5.73 Å². The third-order valence-corrected chi connectivity index (χ3v) is 10.2.